The van der Waals surface area contributed by atoms with Gasteiger partial charge in [-0.2, -0.15) is 13.2 Å². The zero-order valence-electron chi connectivity index (χ0n) is 12.7. The number of alkyl halides is 3. The van der Waals surface area contributed by atoms with E-state index in [0.29, 0.717) is 25.9 Å². The standard InChI is InChI=1S/C15H19F3N2O2.ClH/c1-22-14(6-8-19-9-7-14)13(21)20-10-11-4-2-3-5-12(11)15(16,17)18;/h2-5,19H,6-10H2,1H3,(H,20,21);1H. The molecule has 0 bridgehead atoms. The molecule has 2 rings (SSSR count). The van der Waals surface area contributed by atoms with Gasteiger partial charge in [0, 0.05) is 13.7 Å². The minimum Gasteiger partial charge on any atom is -0.368 e. The van der Waals surface area contributed by atoms with Crippen LogP contribution < -0.4 is 10.6 Å². The molecule has 0 saturated carbocycles. The Hall–Kier alpha value is -1.31. The summed E-state index contributed by atoms with van der Waals surface area (Å²) in [6, 6.07) is 5.23. The van der Waals surface area contributed by atoms with Gasteiger partial charge in [-0.25, -0.2) is 0 Å². The molecule has 23 heavy (non-hydrogen) atoms. The van der Waals surface area contributed by atoms with Crippen molar-refractivity contribution in [3.63, 3.8) is 0 Å². The summed E-state index contributed by atoms with van der Waals surface area (Å²) in [6.07, 6.45) is -3.44. The number of amides is 1. The highest BCUT2D eigenvalue weighted by Gasteiger charge is 2.40. The number of methoxy groups -OCH3 is 1. The second-order valence-corrected chi connectivity index (χ2v) is 5.29. The molecule has 0 atom stereocenters. The van der Waals surface area contributed by atoms with Gasteiger partial charge in [-0.05, 0) is 37.6 Å². The number of benzene rings is 1. The number of carbonyl (C=O) groups excluding carboxylic acids is 1. The number of ether oxygens (including phenoxy) is 1. The Bertz CT molecular complexity index is 532. The van der Waals surface area contributed by atoms with E-state index < -0.39 is 17.3 Å². The topological polar surface area (TPSA) is 50.4 Å². The van der Waals surface area contributed by atoms with Crippen molar-refractivity contribution in [3.05, 3.63) is 35.4 Å². The number of hydrogen-bond donors (Lipinski definition) is 2. The highest BCUT2D eigenvalue weighted by molar-refractivity contribution is 5.85. The number of piperidine rings is 1. The molecule has 0 aliphatic carbocycles. The largest absolute Gasteiger partial charge is 0.416 e. The first kappa shape index (κ1) is 19.7. The molecule has 1 fully saturated rings. The van der Waals surface area contributed by atoms with Crippen molar-refractivity contribution in [1.29, 1.82) is 0 Å². The first-order valence-electron chi connectivity index (χ1n) is 7.08. The summed E-state index contributed by atoms with van der Waals surface area (Å²) < 4.78 is 44.1. The molecule has 130 valence electrons. The number of halogens is 4. The Morgan fingerprint density at radius 3 is 2.48 bits per heavy atom. The molecule has 1 aliphatic rings. The van der Waals surface area contributed by atoms with Crippen LogP contribution in [0.25, 0.3) is 0 Å². The highest BCUT2D eigenvalue weighted by atomic mass is 35.5. The van der Waals surface area contributed by atoms with Crippen LogP contribution in [0, 0.1) is 0 Å². The minimum atomic E-state index is -4.44. The third-order valence-electron chi connectivity index (χ3n) is 3.98. The van der Waals surface area contributed by atoms with Crippen LogP contribution in [0.15, 0.2) is 24.3 Å². The van der Waals surface area contributed by atoms with E-state index in [0.717, 1.165) is 6.07 Å². The summed E-state index contributed by atoms with van der Waals surface area (Å²) >= 11 is 0. The van der Waals surface area contributed by atoms with E-state index in [1.807, 2.05) is 0 Å². The molecule has 0 aromatic heterocycles. The van der Waals surface area contributed by atoms with E-state index in [1.165, 1.54) is 25.3 Å². The maximum atomic E-state index is 12.9. The first-order valence-corrected chi connectivity index (χ1v) is 7.08. The number of carbonyl (C=O) groups is 1. The lowest BCUT2D eigenvalue weighted by Crippen LogP contribution is -2.54. The molecule has 0 radical (unpaired) electrons. The van der Waals surface area contributed by atoms with Crippen molar-refractivity contribution in [2.45, 2.75) is 31.2 Å². The number of rotatable bonds is 4. The molecule has 1 saturated heterocycles. The van der Waals surface area contributed by atoms with Gasteiger partial charge in [0.25, 0.3) is 5.91 Å². The molecule has 1 aliphatic heterocycles. The predicted molar refractivity (Wildman–Crippen MR) is 82.4 cm³/mol. The molecule has 1 heterocycles. The van der Waals surface area contributed by atoms with Gasteiger partial charge in [-0.3, -0.25) is 4.79 Å². The Morgan fingerprint density at radius 2 is 1.91 bits per heavy atom. The van der Waals surface area contributed by atoms with Gasteiger partial charge in [0.05, 0.1) is 5.56 Å². The van der Waals surface area contributed by atoms with E-state index >= 15 is 0 Å². The van der Waals surface area contributed by atoms with E-state index in [9.17, 15) is 18.0 Å². The average molecular weight is 353 g/mol. The molecular formula is C15H20ClF3N2O2. The highest BCUT2D eigenvalue weighted by Crippen LogP contribution is 2.32. The fraction of sp³-hybridized carbons (Fsp3) is 0.533. The Kier molecular flexibility index (Phi) is 6.85. The van der Waals surface area contributed by atoms with Crippen LogP contribution in [-0.4, -0.2) is 31.7 Å². The van der Waals surface area contributed by atoms with Crippen molar-refractivity contribution in [2.24, 2.45) is 0 Å². The maximum Gasteiger partial charge on any atom is 0.416 e. The summed E-state index contributed by atoms with van der Waals surface area (Å²) in [7, 11) is 1.45. The maximum absolute atomic E-state index is 12.9. The zero-order chi connectivity index (χ0) is 16.2. The summed E-state index contributed by atoms with van der Waals surface area (Å²) in [4.78, 5) is 12.3. The summed E-state index contributed by atoms with van der Waals surface area (Å²) in [5.74, 6) is -0.367. The van der Waals surface area contributed by atoms with Gasteiger partial charge >= 0.3 is 6.18 Å². The van der Waals surface area contributed by atoms with Crippen LogP contribution in [0.4, 0.5) is 13.2 Å². The molecule has 2 N–H and O–H groups in total. The number of hydrogen-bond acceptors (Lipinski definition) is 3. The summed E-state index contributed by atoms with van der Waals surface area (Å²) in [5, 5.41) is 5.70. The minimum absolute atomic E-state index is 0. The zero-order valence-corrected chi connectivity index (χ0v) is 13.5. The molecule has 1 aromatic carbocycles. The first-order chi connectivity index (χ1) is 10.4. The van der Waals surface area contributed by atoms with Crippen molar-refractivity contribution >= 4 is 18.3 Å². The van der Waals surface area contributed by atoms with E-state index in [4.69, 9.17) is 4.74 Å². The monoisotopic (exact) mass is 352 g/mol. The molecule has 1 aromatic rings. The van der Waals surface area contributed by atoms with Crippen molar-refractivity contribution in [3.8, 4) is 0 Å². The fourth-order valence-electron chi connectivity index (χ4n) is 2.64. The van der Waals surface area contributed by atoms with Gasteiger partial charge < -0.3 is 15.4 Å². The van der Waals surface area contributed by atoms with Crippen LogP contribution in [-0.2, 0) is 22.3 Å². The van der Waals surface area contributed by atoms with Crippen molar-refractivity contribution in [1.82, 2.24) is 10.6 Å². The lowest BCUT2D eigenvalue weighted by molar-refractivity contribution is -0.147. The molecule has 0 spiro atoms. The van der Waals surface area contributed by atoms with Crippen molar-refractivity contribution < 1.29 is 22.7 Å². The van der Waals surface area contributed by atoms with Crippen molar-refractivity contribution in [2.75, 3.05) is 20.2 Å². The van der Waals surface area contributed by atoms with Crippen LogP contribution in [0.5, 0.6) is 0 Å². The van der Waals surface area contributed by atoms with Crippen LogP contribution in [0.2, 0.25) is 0 Å². The van der Waals surface area contributed by atoms with E-state index in [-0.39, 0.29) is 30.4 Å². The normalized spacial score (nSPS) is 17.2. The quantitative estimate of drug-likeness (QED) is 0.875. The van der Waals surface area contributed by atoms with Gasteiger partial charge in [0.2, 0.25) is 0 Å². The Labute approximate surface area is 139 Å². The number of nitrogens with one attached hydrogen (secondary N) is 2. The van der Waals surface area contributed by atoms with Crippen LogP contribution in [0.1, 0.15) is 24.0 Å². The van der Waals surface area contributed by atoms with E-state index in [1.54, 1.807) is 0 Å². The third kappa shape index (κ3) is 4.59. The second-order valence-electron chi connectivity index (χ2n) is 5.29. The fourth-order valence-corrected chi connectivity index (χ4v) is 2.64. The lowest BCUT2D eigenvalue weighted by atomic mass is 9.91. The molecule has 0 unspecified atom stereocenters. The Balaban J connectivity index is 0.00000264. The van der Waals surface area contributed by atoms with Crippen LogP contribution >= 0.6 is 12.4 Å². The third-order valence-corrected chi connectivity index (χ3v) is 3.98. The lowest BCUT2D eigenvalue weighted by Gasteiger charge is -2.34. The molecule has 8 heteroatoms. The smallest absolute Gasteiger partial charge is 0.368 e. The van der Waals surface area contributed by atoms with Gasteiger partial charge in [0.15, 0.2) is 0 Å². The average Bonchev–Trinajstić information content (AvgIpc) is 2.52. The van der Waals surface area contributed by atoms with Gasteiger partial charge in [-0.1, -0.05) is 18.2 Å². The summed E-state index contributed by atoms with van der Waals surface area (Å²) in [6.45, 7) is 1.11. The molecular weight excluding hydrogens is 333 g/mol. The second kappa shape index (κ2) is 7.99. The summed E-state index contributed by atoms with van der Waals surface area (Å²) in [5.41, 5.74) is -1.64. The molecule has 4 nitrogen and oxygen atoms in total. The van der Waals surface area contributed by atoms with Gasteiger partial charge in [-0.15, -0.1) is 12.4 Å². The Morgan fingerprint density at radius 1 is 1.30 bits per heavy atom. The van der Waals surface area contributed by atoms with E-state index in [2.05, 4.69) is 10.6 Å². The molecule has 1 amide bonds. The SMILES string of the molecule is COC1(C(=O)NCc2ccccc2C(F)(F)F)CCNCC1.Cl. The predicted octanol–water partition coefficient (Wildman–Crippen LogP) is 2.51. The van der Waals surface area contributed by atoms with Gasteiger partial charge in [0.1, 0.15) is 5.60 Å². The van der Waals surface area contributed by atoms with Crippen LogP contribution in [0.3, 0.4) is 0 Å².